The molecular weight excluding hydrogens is 304 g/mol. The number of carbonyl (C=O) groups is 1. The van der Waals surface area contributed by atoms with Crippen molar-refractivity contribution in [3.8, 4) is 11.5 Å². The monoisotopic (exact) mass is 334 g/mol. The second-order valence-electron chi connectivity index (χ2n) is 6.28. The van der Waals surface area contributed by atoms with Crippen molar-refractivity contribution in [1.29, 1.82) is 0 Å². The molecular formula is C19H30N2O3. The lowest BCUT2D eigenvalue weighted by molar-refractivity contribution is -0.123. The smallest absolute Gasteiger partial charge is 0.257 e. The third kappa shape index (κ3) is 6.40. The van der Waals surface area contributed by atoms with Gasteiger partial charge in [-0.15, -0.1) is 0 Å². The molecule has 2 rings (SSSR count). The first-order valence-electron chi connectivity index (χ1n) is 9.05. The van der Waals surface area contributed by atoms with Gasteiger partial charge in [0.1, 0.15) is 11.5 Å². The van der Waals surface area contributed by atoms with E-state index in [1.165, 1.54) is 25.8 Å². The number of nitrogens with zero attached hydrogens (tertiary/aromatic N) is 1. The van der Waals surface area contributed by atoms with Crippen LogP contribution in [0.15, 0.2) is 24.3 Å². The van der Waals surface area contributed by atoms with E-state index in [1.807, 2.05) is 31.2 Å². The van der Waals surface area contributed by atoms with Crippen LogP contribution in [0.2, 0.25) is 0 Å². The predicted molar refractivity (Wildman–Crippen MR) is 95.6 cm³/mol. The summed E-state index contributed by atoms with van der Waals surface area (Å²) < 4.78 is 10.9. The zero-order chi connectivity index (χ0) is 17.2. The fourth-order valence-electron chi connectivity index (χ4n) is 3.00. The molecule has 1 N–H and O–H groups in total. The van der Waals surface area contributed by atoms with Crippen molar-refractivity contribution >= 4 is 5.91 Å². The molecule has 0 radical (unpaired) electrons. The maximum absolute atomic E-state index is 11.8. The van der Waals surface area contributed by atoms with Gasteiger partial charge in [-0.3, -0.25) is 4.79 Å². The van der Waals surface area contributed by atoms with Gasteiger partial charge in [0.15, 0.2) is 6.61 Å². The predicted octanol–water partition coefficient (Wildman–Crippen LogP) is 2.84. The molecule has 5 nitrogen and oxygen atoms in total. The molecule has 24 heavy (non-hydrogen) atoms. The van der Waals surface area contributed by atoms with E-state index in [0.717, 1.165) is 18.7 Å². The summed E-state index contributed by atoms with van der Waals surface area (Å²) in [7, 11) is 0. The quantitative estimate of drug-likeness (QED) is 0.706. The Kier molecular flexibility index (Phi) is 7.89. The van der Waals surface area contributed by atoms with E-state index in [2.05, 4.69) is 17.1 Å². The fraction of sp³-hybridized carbons (Fsp3) is 0.632. The molecule has 1 heterocycles. The Balaban J connectivity index is 1.57. The van der Waals surface area contributed by atoms with E-state index in [-0.39, 0.29) is 12.5 Å². The SMILES string of the molecule is CCOc1ccc(OCC(=O)NCCCN2CCCCC2C)cc1. The number of ether oxygens (including phenoxy) is 2. The van der Waals surface area contributed by atoms with Crippen LogP contribution < -0.4 is 14.8 Å². The van der Waals surface area contributed by atoms with Gasteiger partial charge in [0.2, 0.25) is 0 Å². The third-order valence-corrected chi connectivity index (χ3v) is 4.39. The van der Waals surface area contributed by atoms with Crippen LogP contribution in [0.3, 0.4) is 0 Å². The number of likely N-dealkylation sites (tertiary alicyclic amines) is 1. The summed E-state index contributed by atoms with van der Waals surface area (Å²) in [6.07, 6.45) is 4.92. The standard InChI is InChI=1S/C19H30N2O3/c1-3-23-17-8-10-18(11-9-17)24-15-19(22)20-12-6-14-21-13-5-4-7-16(21)2/h8-11,16H,3-7,12-15H2,1-2H3,(H,20,22). The van der Waals surface area contributed by atoms with Crippen LogP contribution in [0.25, 0.3) is 0 Å². The Hall–Kier alpha value is -1.75. The summed E-state index contributed by atoms with van der Waals surface area (Å²) in [4.78, 5) is 14.3. The third-order valence-electron chi connectivity index (χ3n) is 4.39. The number of rotatable bonds is 9. The number of piperidine rings is 1. The van der Waals surface area contributed by atoms with Crippen molar-refractivity contribution in [3.05, 3.63) is 24.3 Å². The van der Waals surface area contributed by atoms with Crippen molar-refractivity contribution < 1.29 is 14.3 Å². The number of amides is 1. The summed E-state index contributed by atoms with van der Waals surface area (Å²) >= 11 is 0. The lowest BCUT2D eigenvalue weighted by Crippen LogP contribution is -2.39. The van der Waals surface area contributed by atoms with Crippen molar-refractivity contribution in [1.82, 2.24) is 10.2 Å². The van der Waals surface area contributed by atoms with Gasteiger partial charge in [-0.25, -0.2) is 0 Å². The average molecular weight is 334 g/mol. The minimum Gasteiger partial charge on any atom is -0.494 e. The van der Waals surface area contributed by atoms with E-state index in [1.54, 1.807) is 0 Å². The lowest BCUT2D eigenvalue weighted by Gasteiger charge is -2.33. The molecule has 134 valence electrons. The Morgan fingerprint density at radius 1 is 1.21 bits per heavy atom. The molecule has 1 aliphatic rings. The molecule has 0 aliphatic carbocycles. The highest BCUT2D eigenvalue weighted by Gasteiger charge is 2.17. The van der Waals surface area contributed by atoms with E-state index in [0.29, 0.717) is 24.9 Å². The van der Waals surface area contributed by atoms with Gasteiger partial charge in [0.25, 0.3) is 5.91 Å². The summed E-state index contributed by atoms with van der Waals surface area (Å²) in [5.41, 5.74) is 0. The molecule has 0 bridgehead atoms. The molecule has 1 unspecified atom stereocenters. The highest BCUT2D eigenvalue weighted by Crippen LogP contribution is 2.17. The first-order chi connectivity index (χ1) is 11.7. The van der Waals surface area contributed by atoms with Crippen LogP contribution in [-0.2, 0) is 4.79 Å². The van der Waals surface area contributed by atoms with Crippen LogP contribution in [0, 0.1) is 0 Å². The minimum absolute atomic E-state index is 0.0497. The van der Waals surface area contributed by atoms with E-state index >= 15 is 0 Å². The maximum atomic E-state index is 11.8. The van der Waals surface area contributed by atoms with E-state index in [9.17, 15) is 4.79 Å². The van der Waals surface area contributed by atoms with Crippen LogP contribution >= 0.6 is 0 Å². The Morgan fingerprint density at radius 2 is 1.92 bits per heavy atom. The highest BCUT2D eigenvalue weighted by molar-refractivity contribution is 5.77. The molecule has 0 spiro atoms. The van der Waals surface area contributed by atoms with E-state index in [4.69, 9.17) is 9.47 Å². The second-order valence-corrected chi connectivity index (χ2v) is 6.28. The molecule has 0 saturated carbocycles. The zero-order valence-corrected chi connectivity index (χ0v) is 14.9. The fourth-order valence-corrected chi connectivity index (χ4v) is 3.00. The largest absolute Gasteiger partial charge is 0.494 e. The molecule has 5 heteroatoms. The number of hydrogen-bond acceptors (Lipinski definition) is 4. The normalized spacial score (nSPS) is 18.2. The van der Waals surface area contributed by atoms with Crippen LogP contribution in [-0.4, -0.2) is 49.7 Å². The van der Waals surface area contributed by atoms with Gasteiger partial charge >= 0.3 is 0 Å². The highest BCUT2D eigenvalue weighted by atomic mass is 16.5. The minimum atomic E-state index is -0.0735. The lowest BCUT2D eigenvalue weighted by atomic mass is 10.0. The van der Waals surface area contributed by atoms with Gasteiger partial charge in [0.05, 0.1) is 6.61 Å². The molecule has 1 saturated heterocycles. The Morgan fingerprint density at radius 3 is 2.58 bits per heavy atom. The molecule has 1 amide bonds. The Bertz CT molecular complexity index is 490. The number of carbonyl (C=O) groups excluding carboxylic acids is 1. The van der Waals surface area contributed by atoms with Crippen molar-refractivity contribution in [2.24, 2.45) is 0 Å². The summed E-state index contributed by atoms with van der Waals surface area (Å²) in [5, 5.41) is 2.92. The summed E-state index contributed by atoms with van der Waals surface area (Å²) in [6, 6.07) is 8.00. The van der Waals surface area contributed by atoms with Gasteiger partial charge in [-0.1, -0.05) is 6.42 Å². The summed E-state index contributed by atoms with van der Waals surface area (Å²) in [6.45, 7) is 7.88. The summed E-state index contributed by atoms with van der Waals surface area (Å²) in [5.74, 6) is 1.41. The van der Waals surface area contributed by atoms with Crippen LogP contribution in [0.4, 0.5) is 0 Å². The maximum Gasteiger partial charge on any atom is 0.257 e. The van der Waals surface area contributed by atoms with Crippen LogP contribution in [0.5, 0.6) is 11.5 Å². The second kappa shape index (κ2) is 10.2. The molecule has 1 aromatic carbocycles. The van der Waals surface area contributed by atoms with Crippen molar-refractivity contribution in [3.63, 3.8) is 0 Å². The molecule has 1 atom stereocenters. The average Bonchev–Trinajstić information content (AvgIpc) is 2.60. The molecule has 1 fully saturated rings. The molecule has 1 aliphatic heterocycles. The number of hydrogen-bond donors (Lipinski definition) is 1. The molecule has 0 aromatic heterocycles. The number of benzene rings is 1. The van der Waals surface area contributed by atoms with Gasteiger partial charge in [-0.05, 0) is 63.9 Å². The first kappa shape index (κ1) is 18.6. The number of nitrogens with one attached hydrogen (secondary N) is 1. The van der Waals surface area contributed by atoms with Crippen LogP contribution in [0.1, 0.15) is 39.5 Å². The zero-order valence-electron chi connectivity index (χ0n) is 14.9. The van der Waals surface area contributed by atoms with Crippen molar-refractivity contribution in [2.45, 2.75) is 45.6 Å². The van der Waals surface area contributed by atoms with Gasteiger partial charge in [0, 0.05) is 19.1 Å². The topological polar surface area (TPSA) is 50.8 Å². The van der Waals surface area contributed by atoms with Crippen molar-refractivity contribution in [2.75, 3.05) is 32.8 Å². The van der Waals surface area contributed by atoms with Gasteiger partial charge < -0.3 is 19.7 Å². The van der Waals surface area contributed by atoms with Gasteiger partial charge in [-0.2, -0.15) is 0 Å². The molecule has 1 aromatic rings. The van der Waals surface area contributed by atoms with E-state index < -0.39 is 0 Å². The Labute approximate surface area is 145 Å². The first-order valence-corrected chi connectivity index (χ1v) is 9.05.